The van der Waals surface area contributed by atoms with Crippen molar-refractivity contribution in [2.24, 2.45) is 0 Å². The average Bonchev–Trinajstić information content (AvgIpc) is 2.77. The monoisotopic (exact) mass is 399 g/mol. The van der Waals surface area contributed by atoms with Gasteiger partial charge in [-0.05, 0) is 46.2 Å². The molecule has 1 unspecified atom stereocenters. The molecule has 4 aromatic carbocycles. The molecule has 1 aliphatic rings. The fourth-order valence-electron chi connectivity index (χ4n) is 4.36. The number of hydrogen-bond acceptors (Lipinski definition) is 1. The SMILES string of the molecule is O=C1CC(c2ccc(F)cc2)c2c(ccc3ccccc23)N1Cc1ccccc1F. The number of carbonyl (C=O) groups is 1. The van der Waals surface area contributed by atoms with Crippen LogP contribution in [0.1, 0.15) is 29.0 Å². The molecule has 0 aliphatic carbocycles. The zero-order chi connectivity index (χ0) is 20.7. The molecule has 0 N–H and O–H groups in total. The molecule has 4 aromatic rings. The Hall–Kier alpha value is -3.53. The van der Waals surface area contributed by atoms with Gasteiger partial charge in [-0.15, -0.1) is 0 Å². The molecule has 1 heterocycles. The molecule has 1 atom stereocenters. The number of nitrogens with zero attached hydrogens (tertiary/aromatic N) is 1. The second kappa shape index (κ2) is 7.38. The summed E-state index contributed by atoms with van der Waals surface area (Å²) >= 11 is 0. The molecule has 0 aromatic heterocycles. The van der Waals surface area contributed by atoms with Crippen molar-refractivity contribution in [1.82, 2.24) is 0 Å². The van der Waals surface area contributed by atoms with E-state index in [0.717, 1.165) is 27.6 Å². The highest BCUT2D eigenvalue weighted by atomic mass is 19.1. The number of benzene rings is 4. The van der Waals surface area contributed by atoms with Crippen LogP contribution < -0.4 is 4.90 Å². The molecular formula is C26H19F2NO. The maximum absolute atomic E-state index is 14.3. The van der Waals surface area contributed by atoms with Gasteiger partial charge in [0.1, 0.15) is 11.6 Å². The average molecular weight is 399 g/mol. The molecule has 2 nitrogen and oxygen atoms in total. The summed E-state index contributed by atoms with van der Waals surface area (Å²) in [6, 6.07) is 24.8. The minimum absolute atomic E-state index is 0.0737. The van der Waals surface area contributed by atoms with Crippen LogP contribution >= 0.6 is 0 Å². The zero-order valence-corrected chi connectivity index (χ0v) is 16.2. The van der Waals surface area contributed by atoms with Gasteiger partial charge in [-0.1, -0.05) is 60.7 Å². The first-order valence-electron chi connectivity index (χ1n) is 9.92. The lowest BCUT2D eigenvalue weighted by Gasteiger charge is -2.35. The second-order valence-corrected chi connectivity index (χ2v) is 7.60. The Kier molecular flexibility index (Phi) is 4.55. The lowest BCUT2D eigenvalue weighted by atomic mass is 9.81. The fourth-order valence-corrected chi connectivity index (χ4v) is 4.36. The molecule has 0 radical (unpaired) electrons. The summed E-state index contributed by atoms with van der Waals surface area (Å²) < 4.78 is 27.8. The van der Waals surface area contributed by atoms with Crippen molar-refractivity contribution in [3.63, 3.8) is 0 Å². The first kappa shape index (κ1) is 18.5. The highest BCUT2D eigenvalue weighted by Gasteiger charge is 2.34. The smallest absolute Gasteiger partial charge is 0.228 e. The zero-order valence-electron chi connectivity index (χ0n) is 16.2. The van der Waals surface area contributed by atoms with Crippen LogP contribution in [0.3, 0.4) is 0 Å². The van der Waals surface area contributed by atoms with E-state index >= 15 is 0 Å². The van der Waals surface area contributed by atoms with E-state index in [1.807, 2.05) is 36.4 Å². The number of anilines is 1. The van der Waals surface area contributed by atoms with Gasteiger partial charge in [-0.2, -0.15) is 0 Å². The van der Waals surface area contributed by atoms with Gasteiger partial charge >= 0.3 is 0 Å². The van der Waals surface area contributed by atoms with E-state index in [2.05, 4.69) is 0 Å². The second-order valence-electron chi connectivity index (χ2n) is 7.60. The summed E-state index contributed by atoms with van der Waals surface area (Å²) in [6.07, 6.45) is 0.251. The normalized spacial score (nSPS) is 16.0. The lowest BCUT2D eigenvalue weighted by Crippen LogP contribution is -2.36. The summed E-state index contributed by atoms with van der Waals surface area (Å²) in [5.74, 6) is -0.889. The van der Waals surface area contributed by atoms with Crippen LogP contribution in [-0.4, -0.2) is 5.91 Å². The van der Waals surface area contributed by atoms with Crippen molar-refractivity contribution >= 4 is 22.4 Å². The molecule has 5 rings (SSSR count). The van der Waals surface area contributed by atoms with Gasteiger partial charge in [0.25, 0.3) is 0 Å². The van der Waals surface area contributed by atoms with Crippen LogP contribution in [0.25, 0.3) is 10.8 Å². The molecule has 0 saturated carbocycles. The predicted octanol–water partition coefficient (Wildman–Crippen LogP) is 6.19. The summed E-state index contributed by atoms with van der Waals surface area (Å²) in [5, 5.41) is 2.12. The molecule has 4 heteroatoms. The van der Waals surface area contributed by atoms with Crippen molar-refractivity contribution in [1.29, 1.82) is 0 Å². The molecule has 148 valence electrons. The predicted molar refractivity (Wildman–Crippen MR) is 114 cm³/mol. The molecule has 0 spiro atoms. The Balaban J connectivity index is 1.69. The number of rotatable bonds is 3. The van der Waals surface area contributed by atoms with Crippen molar-refractivity contribution in [2.75, 3.05) is 4.90 Å². The van der Waals surface area contributed by atoms with Crippen LogP contribution in [0.2, 0.25) is 0 Å². The van der Waals surface area contributed by atoms with Crippen molar-refractivity contribution in [2.45, 2.75) is 18.9 Å². The van der Waals surface area contributed by atoms with E-state index in [-0.39, 0.29) is 36.4 Å². The number of fused-ring (bicyclic) bond motifs is 3. The number of hydrogen-bond donors (Lipinski definition) is 0. The third kappa shape index (κ3) is 3.14. The Bertz CT molecular complexity index is 1250. The number of halogens is 2. The molecule has 0 fully saturated rings. The Morgan fingerprint density at radius 3 is 2.37 bits per heavy atom. The van der Waals surface area contributed by atoms with Gasteiger partial charge in [0.15, 0.2) is 0 Å². The minimum Gasteiger partial charge on any atom is -0.308 e. The van der Waals surface area contributed by atoms with E-state index < -0.39 is 0 Å². The summed E-state index contributed by atoms with van der Waals surface area (Å²) in [4.78, 5) is 14.9. The van der Waals surface area contributed by atoms with Crippen LogP contribution in [0, 0.1) is 11.6 Å². The van der Waals surface area contributed by atoms with Gasteiger partial charge in [-0.25, -0.2) is 8.78 Å². The van der Waals surface area contributed by atoms with E-state index in [1.54, 1.807) is 35.2 Å². The Morgan fingerprint density at radius 1 is 0.833 bits per heavy atom. The lowest BCUT2D eigenvalue weighted by molar-refractivity contribution is -0.119. The largest absolute Gasteiger partial charge is 0.308 e. The Labute approximate surface area is 173 Å². The maximum atomic E-state index is 14.3. The van der Waals surface area contributed by atoms with Crippen molar-refractivity contribution in [3.05, 3.63) is 113 Å². The van der Waals surface area contributed by atoms with Crippen molar-refractivity contribution < 1.29 is 13.6 Å². The van der Waals surface area contributed by atoms with Gasteiger partial charge < -0.3 is 4.90 Å². The van der Waals surface area contributed by atoms with Crippen LogP contribution in [-0.2, 0) is 11.3 Å². The number of amides is 1. The van der Waals surface area contributed by atoms with Gasteiger partial charge in [0.05, 0.1) is 6.54 Å². The summed E-state index contributed by atoms with van der Waals surface area (Å²) in [7, 11) is 0. The van der Waals surface area contributed by atoms with Crippen LogP contribution in [0.15, 0.2) is 84.9 Å². The molecular weight excluding hydrogens is 380 g/mol. The summed E-state index contributed by atoms with van der Waals surface area (Å²) in [5.41, 5.74) is 3.18. The molecule has 30 heavy (non-hydrogen) atoms. The molecule has 0 saturated heterocycles. The minimum atomic E-state index is -0.326. The quantitative estimate of drug-likeness (QED) is 0.402. The topological polar surface area (TPSA) is 20.3 Å². The Morgan fingerprint density at radius 2 is 1.57 bits per heavy atom. The van der Waals surface area contributed by atoms with Gasteiger partial charge in [0, 0.05) is 23.6 Å². The van der Waals surface area contributed by atoms with Crippen molar-refractivity contribution in [3.8, 4) is 0 Å². The highest BCUT2D eigenvalue weighted by molar-refractivity contribution is 6.03. The van der Waals surface area contributed by atoms with Gasteiger partial charge in [0.2, 0.25) is 5.91 Å². The summed E-state index contributed by atoms with van der Waals surface area (Å²) in [6.45, 7) is 0.174. The standard InChI is InChI=1S/C26H19F2NO/c27-20-12-9-18(10-13-20)22-15-25(30)29(16-19-6-2-4-8-23(19)28)24-14-11-17-5-1-3-7-21(17)26(22)24/h1-14,22H,15-16H2. The highest BCUT2D eigenvalue weighted by Crippen LogP contribution is 2.44. The molecule has 1 amide bonds. The van der Waals surface area contributed by atoms with E-state index in [0.29, 0.717) is 5.56 Å². The van der Waals surface area contributed by atoms with Gasteiger partial charge in [-0.3, -0.25) is 4.79 Å². The van der Waals surface area contributed by atoms with E-state index in [9.17, 15) is 13.6 Å². The first-order valence-corrected chi connectivity index (χ1v) is 9.92. The maximum Gasteiger partial charge on any atom is 0.228 e. The van der Waals surface area contributed by atoms with E-state index in [1.165, 1.54) is 18.2 Å². The first-order chi connectivity index (χ1) is 14.6. The fraction of sp³-hybridized carbons (Fsp3) is 0.115. The number of carbonyl (C=O) groups excluding carboxylic acids is 1. The molecule has 0 bridgehead atoms. The van der Waals surface area contributed by atoms with E-state index in [4.69, 9.17) is 0 Å². The van der Waals surface area contributed by atoms with Crippen LogP contribution in [0.5, 0.6) is 0 Å². The third-order valence-electron chi connectivity index (χ3n) is 5.83. The third-order valence-corrected chi connectivity index (χ3v) is 5.83. The molecule has 1 aliphatic heterocycles. The van der Waals surface area contributed by atoms with Crippen LogP contribution in [0.4, 0.5) is 14.5 Å².